The van der Waals surface area contributed by atoms with Gasteiger partial charge in [-0.15, -0.1) is 0 Å². The summed E-state index contributed by atoms with van der Waals surface area (Å²) < 4.78 is 0. The van der Waals surface area contributed by atoms with Gasteiger partial charge < -0.3 is 15.7 Å². The quantitative estimate of drug-likeness (QED) is 0.543. The number of carbonyl (C=O) groups excluding carboxylic acids is 1. The Hall–Kier alpha value is -2.35. The van der Waals surface area contributed by atoms with Crippen LogP contribution in [0.5, 0.6) is 0 Å². The van der Waals surface area contributed by atoms with E-state index >= 15 is 0 Å². The molecule has 0 unspecified atom stereocenters. The molecular weight excluding hydrogens is 290 g/mol. The van der Waals surface area contributed by atoms with Crippen molar-refractivity contribution in [3.05, 3.63) is 38.9 Å². The smallest absolute Gasteiger partial charge is 0.315 e. The first-order valence-corrected chi connectivity index (χ1v) is 5.94. The molecule has 0 saturated heterocycles. The summed E-state index contributed by atoms with van der Waals surface area (Å²) in [5, 5.41) is 24.1. The molecule has 0 heterocycles. The Morgan fingerprint density at radius 3 is 2.65 bits per heavy atom. The minimum absolute atomic E-state index is 0.000577. The molecule has 1 aromatic rings. The van der Waals surface area contributed by atoms with Crippen LogP contribution in [0.2, 0.25) is 5.02 Å². The van der Waals surface area contributed by atoms with E-state index in [1.807, 2.05) is 0 Å². The Bertz CT molecular complexity index is 535. The first-order valence-electron chi connectivity index (χ1n) is 5.56. The van der Waals surface area contributed by atoms with Crippen LogP contribution in [0.25, 0.3) is 0 Å². The van der Waals surface area contributed by atoms with Gasteiger partial charge in [-0.25, -0.2) is 4.79 Å². The van der Waals surface area contributed by atoms with Crippen molar-refractivity contribution in [2.75, 3.05) is 6.54 Å². The second-order valence-corrected chi connectivity index (χ2v) is 4.19. The van der Waals surface area contributed by atoms with Crippen LogP contribution in [-0.4, -0.2) is 28.6 Å². The number of nitrogens with one attached hydrogen (secondary N) is 2. The largest absolute Gasteiger partial charge is 0.481 e. The molecule has 0 radical (unpaired) electrons. The van der Waals surface area contributed by atoms with E-state index in [0.29, 0.717) is 10.6 Å². The summed E-state index contributed by atoms with van der Waals surface area (Å²) in [5.41, 5.74) is 0.270. The van der Waals surface area contributed by atoms with Gasteiger partial charge >= 0.3 is 12.0 Å². The van der Waals surface area contributed by atoms with E-state index in [0.717, 1.165) is 0 Å². The highest BCUT2D eigenvalue weighted by atomic mass is 35.5. The Morgan fingerprint density at radius 2 is 2.05 bits per heavy atom. The number of nitro benzene ring substituents is 1. The summed E-state index contributed by atoms with van der Waals surface area (Å²) in [6.07, 6.45) is -0.189. The fourth-order valence-corrected chi connectivity index (χ4v) is 1.52. The SMILES string of the molecule is O=C(O)CCNC(=O)NCc1cc([N+](=O)[O-])ccc1Cl. The number of hydrogen-bond acceptors (Lipinski definition) is 4. The number of hydrogen-bond donors (Lipinski definition) is 3. The maximum atomic E-state index is 11.3. The molecule has 0 spiro atoms. The molecule has 20 heavy (non-hydrogen) atoms. The molecular formula is C11H12ClN3O5. The molecule has 0 aromatic heterocycles. The lowest BCUT2D eigenvalue weighted by Crippen LogP contribution is -2.36. The van der Waals surface area contributed by atoms with Gasteiger partial charge in [-0.05, 0) is 11.6 Å². The molecule has 3 N–H and O–H groups in total. The lowest BCUT2D eigenvalue weighted by molar-refractivity contribution is -0.384. The Kier molecular flexibility index (Phi) is 5.73. The second-order valence-electron chi connectivity index (χ2n) is 3.79. The fourth-order valence-electron chi connectivity index (χ4n) is 1.33. The molecule has 1 rings (SSSR count). The van der Waals surface area contributed by atoms with Crippen LogP contribution in [0.4, 0.5) is 10.5 Å². The third-order valence-electron chi connectivity index (χ3n) is 2.30. The minimum Gasteiger partial charge on any atom is -0.481 e. The van der Waals surface area contributed by atoms with Crippen LogP contribution in [0.15, 0.2) is 18.2 Å². The zero-order valence-corrected chi connectivity index (χ0v) is 11.0. The summed E-state index contributed by atoms with van der Waals surface area (Å²) in [7, 11) is 0. The number of carbonyl (C=O) groups is 2. The van der Waals surface area contributed by atoms with Crippen molar-refractivity contribution in [2.24, 2.45) is 0 Å². The lowest BCUT2D eigenvalue weighted by Gasteiger charge is -2.08. The number of rotatable bonds is 6. The number of aliphatic carboxylic acids is 1. The third kappa shape index (κ3) is 5.11. The van der Waals surface area contributed by atoms with Crippen molar-refractivity contribution in [1.82, 2.24) is 10.6 Å². The van der Waals surface area contributed by atoms with Crippen molar-refractivity contribution < 1.29 is 19.6 Å². The van der Waals surface area contributed by atoms with Crippen molar-refractivity contribution in [3.63, 3.8) is 0 Å². The highest BCUT2D eigenvalue weighted by Gasteiger charge is 2.10. The summed E-state index contributed by atoms with van der Waals surface area (Å²) in [4.78, 5) is 31.6. The van der Waals surface area contributed by atoms with Crippen LogP contribution in [0.1, 0.15) is 12.0 Å². The average molecular weight is 302 g/mol. The highest BCUT2D eigenvalue weighted by molar-refractivity contribution is 6.31. The molecule has 9 heteroatoms. The summed E-state index contributed by atoms with van der Waals surface area (Å²) in [5.74, 6) is -1.02. The Labute approximate surface area is 118 Å². The van der Waals surface area contributed by atoms with Gasteiger partial charge in [-0.1, -0.05) is 11.6 Å². The molecule has 0 aliphatic carbocycles. The monoisotopic (exact) mass is 301 g/mol. The number of nitro groups is 1. The first-order chi connectivity index (χ1) is 9.40. The molecule has 0 bridgehead atoms. The van der Waals surface area contributed by atoms with Gasteiger partial charge in [0.15, 0.2) is 0 Å². The maximum absolute atomic E-state index is 11.3. The molecule has 0 aliphatic rings. The summed E-state index contributed by atoms with van der Waals surface area (Å²) in [6.45, 7) is -0.0107. The number of non-ortho nitro benzene ring substituents is 1. The van der Waals surface area contributed by atoms with Gasteiger partial charge in [0.1, 0.15) is 0 Å². The lowest BCUT2D eigenvalue weighted by atomic mass is 10.2. The number of carboxylic acids is 1. The van der Waals surface area contributed by atoms with Crippen LogP contribution in [0, 0.1) is 10.1 Å². The van der Waals surface area contributed by atoms with E-state index in [-0.39, 0.29) is 25.2 Å². The van der Waals surface area contributed by atoms with Crippen LogP contribution in [0.3, 0.4) is 0 Å². The van der Waals surface area contributed by atoms with Gasteiger partial charge in [-0.2, -0.15) is 0 Å². The number of benzene rings is 1. The molecule has 108 valence electrons. The topological polar surface area (TPSA) is 122 Å². The van der Waals surface area contributed by atoms with Crippen LogP contribution in [-0.2, 0) is 11.3 Å². The molecule has 0 saturated carbocycles. The Balaban J connectivity index is 2.52. The minimum atomic E-state index is -1.02. The van der Waals surface area contributed by atoms with E-state index in [2.05, 4.69) is 10.6 Å². The number of carboxylic acid groups (broad SMARTS) is 1. The van der Waals surface area contributed by atoms with Crippen molar-refractivity contribution in [3.8, 4) is 0 Å². The number of urea groups is 1. The van der Waals surface area contributed by atoms with E-state index in [9.17, 15) is 19.7 Å². The van der Waals surface area contributed by atoms with Crippen molar-refractivity contribution >= 4 is 29.3 Å². The van der Waals surface area contributed by atoms with E-state index in [1.165, 1.54) is 18.2 Å². The van der Waals surface area contributed by atoms with Gasteiger partial charge in [0.2, 0.25) is 0 Å². The maximum Gasteiger partial charge on any atom is 0.315 e. The van der Waals surface area contributed by atoms with Crippen LogP contribution < -0.4 is 10.6 Å². The second kappa shape index (κ2) is 7.29. The standard InChI is InChI=1S/C11H12ClN3O5/c12-9-2-1-8(15(19)20)5-7(9)6-14-11(18)13-4-3-10(16)17/h1-2,5H,3-4,6H2,(H,16,17)(H2,13,14,18). The summed E-state index contributed by atoms with van der Waals surface area (Å²) >= 11 is 5.86. The van der Waals surface area contributed by atoms with Gasteiger partial charge in [-0.3, -0.25) is 14.9 Å². The number of nitrogens with zero attached hydrogens (tertiary/aromatic N) is 1. The Morgan fingerprint density at radius 1 is 1.35 bits per heavy atom. The zero-order chi connectivity index (χ0) is 15.1. The van der Waals surface area contributed by atoms with Crippen molar-refractivity contribution in [2.45, 2.75) is 13.0 Å². The van der Waals surface area contributed by atoms with E-state index in [1.54, 1.807) is 0 Å². The molecule has 0 aliphatic heterocycles. The predicted molar refractivity (Wildman–Crippen MR) is 70.6 cm³/mol. The normalized spacial score (nSPS) is 9.85. The van der Waals surface area contributed by atoms with Gasteiger partial charge in [0.05, 0.1) is 11.3 Å². The third-order valence-corrected chi connectivity index (χ3v) is 2.67. The van der Waals surface area contributed by atoms with E-state index in [4.69, 9.17) is 16.7 Å². The number of halogens is 1. The predicted octanol–water partition coefficient (Wildman–Crippen LogP) is 1.52. The van der Waals surface area contributed by atoms with Gasteiger partial charge in [0, 0.05) is 30.2 Å². The van der Waals surface area contributed by atoms with Gasteiger partial charge in [0.25, 0.3) is 5.69 Å². The fraction of sp³-hybridized carbons (Fsp3) is 0.273. The molecule has 2 amide bonds. The average Bonchev–Trinajstić information content (AvgIpc) is 2.37. The zero-order valence-electron chi connectivity index (χ0n) is 10.3. The molecule has 0 fully saturated rings. The van der Waals surface area contributed by atoms with E-state index < -0.39 is 16.9 Å². The van der Waals surface area contributed by atoms with Crippen molar-refractivity contribution in [1.29, 1.82) is 0 Å². The highest BCUT2D eigenvalue weighted by Crippen LogP contribution is 2.21. The molecule has 1 aromatic carbocycles. The summed E-state index contributed by atoms with van der Waals surface area (Å²) in [6, 6.07) is 3.33. The first kappa shape index (κ1) is 15.7. The molecule has 8 nitrogen and oxygen atoms in total. The molecule has 0 atom stereocenters. The van der Waals surface area contributed by atoms with Crippen LogP contribution >= 0.6 is 11.6 Å². The number of amides is 2.